The predicted molar refractivity (Wildman–Crippen MR) is 68.2 cm³/mol. The number of carbonyl (C=O) groups is 2. The molecule has 0 fully saturated rings. The fraction of sp³-hybridized carbons (Fsp3) is 0.231. The molecule has 1 rings (SSSR count). The van der Waals surface area contributed by atoms with E-state index in [1.807, 2.05) is 0 Å². The van der Waals surface area contributed by atoms with E-state index in [9.17, 15) is 14.0 Å². The zero-order valence-corrected chi connectivity index (χ0v) is 10.2. The highest BCUT2D eigenvalue weighted by Gasteiger charge is 2.19. The fourth-order valence-corrected chi connectivity index (χ4v) is 1.37. The third kappa shape index (κ3) is 4.32. The van der Waals surface area contributed by atoms with Crippen LogP contribution in [0.4, 0.5) is 14.9 Å². The molecule has 1 unspecified atom stereocenters. The molecule has 6 heteroatoms. The van der Waals surface area contributed by atoms with Crippen molar-refractivity contribution in [1.29, 1.82) is 0 Å². The Hall–Kier alpha value is -2.55. The van der Waals surface area contributed by atoms with Gasteiger partial charge in [-0.05, 0) is 24.6 Å². The van der Waals surface area contributed by atoms with Gasteiger partial charge >= 0.3 is 12.0 Å². The van der Waals surface area contributed by atoms with Crippen molar-refractivity contribution in [3.8, 4) is 12.3 Å². The number of hydrogen-bond donors (Lipinski definition) is 3. The Morgan fingerprint density at radius 2 is 2.21 bits per heavy atom. The largest absolute Gasteiger partial charge is 0.480 e. The summed E-state index contributed by atoms with van der Waals surface area (Å²) in [5.74, 6) is 0.283. The summed E-state index contributed by atoms with van der Waals surface area (Å²) < 4.78 is 13.4. The van der Waals surface area contributed by atoms with E-state index in [2.05, 4.69) is 16.6 Å². The monoisotopic (exact) mass is 264 g/mol. The topological polar surface area (TPSA) is 78.4 Å². The van der Waals surface area contributed by atoms with Crippen LogP contribution in [0.3, 0.4) is 0 Å². The number of rotatable bonds is 4. The maximum Gasteiger partial charge on any atom is 0.327 e. The van der Waals surface area contributed by atoms with Crippen molar-refractivity contribution >= 4 is 17.7 Å². The summed E-state index contributed by atoms with van der Waals surface area (Å²) in [5.41, 5.74) is 0.734. The first-order valence-corrected chi connectivity index (χ1v) is 5.44. The SMILES string of the molecule is C#CCC(NC(=O)Nc1cc(C)ccc1F)C(=O)O. The van der Waals surface area contributed by atoms with Gasteiger partial charge in [0.15, 0.2) is 0 Å². The van der Waals surface area contributed by atoms with Crippen molar-refractivity contribution in [2.75, 3.05) is 5.32 Å². The molecule has 0 aliphatic heterocycles. The summed E-state index contributed by atoms with van der Waals surface area (Å²) in [7, 11) is 0. The predicted octanol–water partition coefficient (Wildman–Crippen LogP) is 1.73. The van der Waals surface area contributed by atoms with Crippen LogP contribution in [-0.4, -0.2) is 23.1 Å². The smallest absolute Gasteiger partial charge is 0.327 e. The van der Waals surface area contributed by atoms with Crippen molar-refractivity contribution in [3.63, 3.8) is 0 Å². The summed E-state index contributed by atoms with van der Waals surface area (Å²) >= 11 is 0. The van der Waals surface area contributed by atoms with Crippen LogP contribution >= 0.6 is 0 Å². The van der Waals surface area contributed by atoms with E-state index in [0.717, 1.165) is 5.56 Å². The Labute approximate surface area is 109 Å². The second-order valence-electron chi connectivity index (χ2n) is 3.88. The van der Waals surface area contributed by atoms with Crippen LogP contribution in [0, 0.1) is 25.1 Å². The second-order valence-corrected chi connectivity index (χ2v) is 3.88. The first-order valence-electron chi connectivity index (χ1n) is 5.44. The normalized spacial score (nSPS) is 11.2. The van der Waals surface area contributed by atoms with E-state index < -0.39 is 23.9 Å². The molecule has 0 bridgehead atoms. The quantitative estimate of drug-likeness (QED) is 0.725. The van der Waals surface area contributed by atoms with E-state index in [1.165, 1.54) is 12.1 Å². The second kappa shape index (κ2) is 6.40. The molecule has 5 nitrogen and oxygen atoms in total. The van der Waals surface area contributed by atoms with Crippen LogP contribution in [0.5, 0.6) is 0 Å². The van der Waals surface area contributed by atoms with Crippen molar-refractivity contribution in [2.45, 2.75) is 19.4 Å². The van der Waals surface area contributed by atoms with Gasteiger partial charge in [-0.1, -0.05) is 6.07 Å². The molecule has 19 heavy (non-hydrogen) atoms. The van der Waals surface area contributed by atoms with Gasteiger partial charge in [0.25, 0.3) is 0 Å². The number of hydrogen-bond acceptors (Lipinski definition) is 2. The Kier molecular flexibility index (Phi) is 4.89. The van der Waals surface area contributed by atoms with Gasteiger partial charge in [-0.25, -0.2) is 14.0 Å². The molecule has 2 amide bonds. The molecule has 100 valence electrons. The lowest BCUT2D eigenvalue weighted by Gasteiger charge is -2.13. The van der Waals surface area contributed by atoms with Gasteiger partial charge in [0.2, 0.25) is 0 Å². The Bertz CT molecular complexity index is 537. The number of carboxylic acid groups (broad SMARTS) is 1. The number of aliphatic carboxylic acids is 1. The van der Waals surface area contributed by atoms with Crippen molar-refractivity contribution in [3.05, 3.63) is 29.6 Å². The molecule has 0 radical (unpaired) electrons. The first kappa shape index (κ1) is 14.5. The molecule has 1 aromatic rings. The third-order valence-corrected chi connectivity index (χ3v) is 2.30. The summed E-state index contributed by atoms with van der Waals surface area (Å²) in [6.07, 6.45) is 4.84. The molecule has 3 N–H and O–H groups in total. The average Bonchev–Trinajstić information content (AvgIpc) is 2.33. The molecule has 0 aromatic heterocycles. The number of urea groups is 1. The number of amides is 2. The summed E-state index contributed by atoms with van der Waals surface area (Å²) in [6.45, 7) is 1.74. The summed E-state index contributed by atoms with van der Waals surface area (Å²) in [4.78, 5) is 22.3. The number of benzene rings is 1. The molecule has 0 spiro atoms. The highest BCUT2D eigenvalue weighted by Crippen LogP contribution is 2.15. The number of terminal acetylenes is 1. The molecular weight excluding hydrogens is 251 g/mol. The number of carbonyl (C=O) groups excluding carboxylic acids is 1. The van der Waals surface area contributed by atoms with Crippen molar-refractivity contribution in [1.82, 2.24) is 5.32 Å². The number of aryl methyl sites for hydroxylation is 1. The molecule has 0 heterocycles. The highest BCUT2D eigenvalue weighted by molar-refractivity contribution is 5.92. The molecule has 0 aliphatic rings. The number of nitrogens with one attached hydrogen (secondary N) is 2. The first-order chi connectivity index (χ1) is 8.93. The van der Waals surface area contributed by atoms with E-state index in [-0.39, 0.29) is 12.1 Å². The van der Waals surface area contributed by atoms with Gasteiger partial charge in [0.05, 0.1) is 5.69 Å². The molecular formula is C13H13FN2O3. The summed E-state index contributed by atoms with van der Waals surface area (Å²) in [6, 6.07) is 2.16. The zero-order valence-electron chi connectivity index (χ0n) is 10.2. The Morgan fingerprint density at radius 3 is 2.79 bits per heavy atom. The molecule has 0 aliphatic carbocycles. The Balaban J connectivity index is 2.72. The molecule has 1 atom stereocenters. The number of halogens is 1. The maximum absolute atomic E-state index is 13.4. The van der Waals surface area contributed by atoms with Gasteiger partial charge in [-0.2, -0.15) is 0 Å². The minimum atomic E-state index is -1.25. The van der Waals surface area contributed by atoms with E-state index in [0.29, 0.717) is 0 Å². The lowest BCUT2D eigenvalue weighted by atomic mass is 10.2. The Morgan fingerprint density at radius 1 is 1.53 bits per heavy atom. The lowest BCUT2D eigenvalue weighted by molar-refractivity contribution is -0.139. The van der Waals surface area contributed by atoms with Crippen LogP contribution < -0.4 is 10.6 Å². The van der Waals surface area contributed by atoms with Crippen LogP contribution in [0.15, 0.2) is 18.2 Å². The maximum atomic E-state index is 13.4. The fourth-order valence-electron chi connectivity index (χ4n) is 1.37. The zero-order chi connectivity index (χ0) is 14.4. The average molecular weight is 264 g/mol. The minimum Gasteiger partial charge on any atom is -0.480 e. The van der Waals surface area contributed by atoms with Crippen molar-refractivity contribution < 1.29 is 19.1 Å². The number of anilines is 1. The molecule has 0 saturated heterocycles. The van der Waals surface area contributed by atoms with Crippen LogP contribution in [0.25, 0.3) is 0 Å². The van der Waals surface area contributed by atoms with E-state index in [1.54, 1.807) is 13.0 Å². The number of carboxylic acids is 1. The minimum absolute atomic E-state index is 0.0256. The van der Waals surface area contributed by atoms with Crippen LogP contribution in [0.2, 0.25) is 0 Å². The molecule has 1 aromatic carbocycles. The van der Waals surface area contributed by atoms with Crippen LogP contribution in [-0.2, 0) is 4.79 Å². The van der Waals surface area contributed by atoms with Gasteiger partial charge < -0.3 is 15.7 Å². The van der Waals surface area contributed by atoms with E-state index in [4.69, 9.17) is 11.5 Å². The lowest BCUT2D eigenvalue weighted by Crippen LogP contribution is -2.42. The molecule has 0 saturated carbocycles. The van der Waals surface area contributed by atoms with Crippen LogP contribution in [0.1, 0.15) is 12.0 Å². The van der Waals surface area contributed by atoms with Crippen molar-refractivity contribution in [2.24, 2.45) is 0 Å². The van der Waals surface area contributed by atoms with E-state index >= 15 is 0 Å². The summed E-state index contributed by atoms with van der Waals surface area (Å²) in [5, 5.41) is 13.2. The van der Waals surface area contributed by atoms with Gasteiger partial charge in [0, 0.05) is 6.42 Å². The van der Waals surface area contributed by atoms with Gasteiger partial charge in [0.1, 0.15) is 11.9 Å². The standard InChI is InChI=1S/C13H13FN2O3/c1-3-4-10(12(17)18)15-13(19)16-11-7-8(2)5-6-9(11)14/h1,5-7,10H,4H2,2H3,(H,17,18)(H2,15,16,19). The third-order valence-electron chi connectivity index (χ3n) is 2.30. The van der Waals surface area contributed by atoms with Gasteiger partial charge in [-0.3, -0.25) is 0 Å². The highest BCUT2D eigenvalue weighted by atomic mass is 19.1. The van der Waals surface area contributed by atoms with Gasteiger partial charge in [-0.15, -0.1) is 12.3 Å².